The Labute approximate surface area is 183 Å². The highest BCUT2D eigenvalue weighted by molar-refractivity contribution is 5.93. The maximum atomic E-state index is 13.0. The van der Waals surface area contributed by atoms with Crippen LogP contribution in [0.2, 0.25) is 0 Å². The van der Waals surface area contributed by atoms with Crippen LogP contribution >= 0.6 is 0 Å². The van der Waals surface area contributed by atoms with E-state index in [1.165, 1.54) is 0 Å². The van der Waals surface area contributed by atoms with E-state index < -0.39 is 11.6 Å². The zero-order valence-electron chi connectivity index (χ0n) is 18.0. The second-order valence-electron chi connectivity index (χ2n) is 10.4. The number of aliphatic hydroxyl groups is 1. The lowest BCUT2D eigenvalue weighted by Crippen LogP contribution is -2.61. The van der Waals surface area contributed by atoms with Gasteiger partial charge in [0.05, 0.1) is 5.60 Å². The third kappa shape index (κ3) is 4.29. The summed E-state index contributed by atoms with van der Waals surface area (Å²) in [6.07, 6.45) is 7.70. The van der Waals surface area contributed by atoms with Gasteiger partial charge >= 0.3 is 5.97 Å². The van der Waals surface area contributed by atoms with Crippen molar-refractivity contribution in [3.63, 3.8) is 0 Å². The average molecular weight is 428 g/mol. The molecule has 1 aliphatic heterocycles. The smallest absolute Gasteiger partial charge is 0.303 e. The number of carbonyl (C=O) groups is 2. The number of aromatic nitrogens is 1. The molecule has 168 valence electrons. The first-order chi connectivity index (χ1) is 14.9. The molecule has 0 aromatic carbocycles. The molecule has 1 saturated heterocycles. The summed E-state index contributed by atoms with van der Waals surface area (Å²) in [6.45, 7) is 1.68. The molecule has 1 aromatic rings. The van der Waals surface area contributed by atoms with Gasteiger partial charge in [0.1, 0.15) is 11.5 Å². The second-order valence-corrected chi connectivity index (χ2v) is 10.4. The standard InChI is InChI=1S/C24H33N3O4/c28-21(29)5-4-15-6-8-27(9-7-15)20-3-1-2-19(25-20)23(30)26-22-17-10-16-11-18(22)14-24(31,12-16)13-17/h1-3,15-18,22,31H,4-14H2,(H,26,30)(H,28,29)/t16?,17?,18?,22-,24-. The molecular weight excluding hydrogens is 394 g/mol. The third-order valence-electron chi connectivity index (χ3n) is 8.21. The lowest BCUT2D eigenvalue weighted by molar-refractivity contribution is -0.137. The fourth-order valence-corrected chi connectivity index (χ4v) is 6.95. The van der Waals surface area contributed by atoms with Crippen LogP contribution in [0.15, 0.2) is 18.2 Å². The van der Waals surface area contributed by atoms with E-state index in [2.05, 4.69) is 15.2 Å². The Morgan fingerprint density at radius 2 is 1.84 bits per heavy atom. The number of hydrogen-bond donors (Lipinski definition) is 3. The van der Waals surface area contributed by atoms with Gasteiger partial charge in [0.25, 0.3) is 5.91 Å². The molecule has 7 nitrogen and oxygen atoms in total. The first-order valence-electron chi connectivity index (χ1n) is 11.9. The number of rotatable bonds is 6. The van der Waals surface area contributed by atoms with Crippen LogP contribution in [0.5, 0.6) is 0 Å². The van der Waals surface area contributed by atoms with Crippen molar-refractivity contribution in [1.29, 1.82) is 0 Å². The van der Waals surface area contributed by atoms with Crippen molar-refractivity contribution in [3.8, 4) is 0 Å². The van der Waals surface area contributed by atoms with Crippen molar-refractivity contribution in [3.05, 3.63) is 23.9 Å². The van der Waals surface area contributed by atoms with Crippen molar-refractivity contribution in [2.75, 3.05) is 18.0 Å². The van der Waals surface area contributed by atoms with Gasteiger partial charge in [0.2, 0.25) is 0 Å². The van der Waals surface area contributed by atoms with Crippen LogP contribution in [0.1, 0.15) is 68.3 Å². The van der Waals surface area contributed by atoms with Crippen molar-refractivity contribution >= 4 is 17.7 Å². The molecule has 2 heterocycles. The summed E-state index contributed by atoms with van der Waals surface area (Å²) in [7, 11) is 0. The van der Waals surface area contributed by atoms with Crippen molar-refractivity contribution in [2.24, 2.45) is 23.7 Å². The number of carboxylic acid groups (broad SMARTS) is 1. The van der Waals surface area contributed by atoms with Crippen LogP contribution in [0.3, 0.4) is 0 Å². The number of pyridine rings is 1. The monoisotopic (exact) mass is 427 g/mol. The summed E-state index contributed by atoms with van der Waals surface area (Å²) in [5.74, 6) is 1.82. The number of nitrogens with one attached hydrogen (secondary N) is 1. The molecule has 4 aliphatic carbocycles. The fourth-order valence-electron chi connectivity index (χ4n) is 6.95. The van der Waals surface area contributed by atoms with E-state index in [-0.39, 0.29) is 18.4 Å². The Morgan fingerprint density at radius 1 is 1.13 bits per heavy atom. The first kappa shape index (κ1) is 20.7. The van der Waals surface area contributed by atoms with Gasteiger partial charge in [-0.1, -0.05) is 6.07 Å². The average Bonchev–Trinajstić information content (AvgIpc) is 2.74. The lowest BCUT2D eigenvalue weighted by atomic mass is 9.52. The molecule has 2 unspecified atom stereocenters. The van der Waals surface area contributed by atoms with E-state index in [4.69, 9.17) is 5.11 Å². The molecule has 5 fully saturated rings. The maximum absolute atomic E-state index is 13.0. The molecule has 3 N–H and O–H groups in total. The van der Waals surface area contributed by atoms with Gasteiger partial charge in [-0.05, 0) is 87.2 Å². The molecule has 1 amide bonds. The Morgan fingerprint density at radius 3 is 2.48 bits per heavy atom. The highest BCUT2D eigenvalue weighted by atomic mass is 16.4. The number of amides is 1. The summed E-state index contributed by atoms with van der Waals surface area (Å²) < 4.78 is 0. The van der Waals surface area contributed by atoms with Crippen molar-refractivity contribution < 1.29 is 19.8 Å². The third-order valence-corrected chi connectivity index (χ3v) is 8.21. The van der Waals surface area contributed by atoms with Gasteiger partial charge in [-0.3, -0.25) is 9.59 Å². The first-order valence-corrected chi connectivity index (χ1v) is 11.9. The molecular formula is C24H33N3O4. The number of aliphatic carboxylic acids is 1. The van der Waals surface area contributed by atoms with Crippen LogP contribution in [0.4, 0.5) is 5.82 Å². The van der Waals surface area contributed by atoms with Crippen molar-refractivity contribution in [1.82, 2.24) is 10.3 Å². The Hall–Kier alpha value is -2.15. The van der Waals surface area contributed by atoms with Crippen LogP contribution in [0.25, 0.3) is 0 Å². The fraction of sp³-hybridized carbons (Fsp3) is 0.708. The van der Waals surface area contributed by atoms with E-state index in [0.717, 1.165) is 70.3 Å². The molecule has 4 bridgehead atoms. The molecule has 0 spiro atoms. The van der Waals surface area contributed by atoms with Crippen LogP contribution in [-0.4, -0.2) is 51.8 Å². The van der Waals surface area contributed by atoms with E-state index in [1.54, 1.807) is 6.07 Å². The Balaban J connectivity index is 1.20. The summed E-state index contributed by atoms with van der Waals surface area (Å²) in [4.78, 5) is 30.7. The second kappa shape index (κ2) is 8.08. The SMILES string of the molecule is O=C(O)CCC1CCN(c2cccc(C(=O)N[C@H]3C4CC5CC3C[C@](O)(C5)C4)n2)CC1. The number of anilines is 1. The number of carboxylic acids is 1. The van der Waals surface area contributed by atoms with E-state index in [9.17, 15) is 14.7 Å². The number of nitrogens with zero attached hydrogens (tertiary/aromatic N) is 2. The zero-order chi connectivity index (χ0) is 21.6. The molecule has 2 atom stereocenters. The van der Waals surface area contributed by atoms with Gasteiger partial charge in [0.15, 0.2) is 0 Å². The number of hydrogen-bond acceptors (Lipinski definition) is 5. The van der Waals surface area contributed by atoms with E-state index in [0.29, 0.717) is 29.4 Å². The molecule has 5 aliphatic rings. The summed E-state index contributed by atoms with van der Waals surface area (Å²) >= 11 is 0. The van der Waals surface area contributed by atoms with E-state index in [1.807, 2.05) is 12.1 Å². The number of piperidine rings is 1. The predicted molar refractivity (Wildman–Crippen MR) is 116 cm³/mol. The predicted octanol–water partition coefficient (Wildman–Crippen LogP) is 2.83. The van der Waals surface area contributed by atoms with Gasteiger partial charge in [-0.2, -0.15) is 0 Å². The van der Waals surface area contributed by atoms with Crippen molar-refractivity contribution in [2.45, 2.75) is 69.4 Å². The molecule has 1 aromatic heterocycles. The largest absolute Gasteiger partial charge is 0.481 e. The molecule has 31 heavy (non-hydrogen) atoms. The minimum atomic E-state index is -0.726. The topological polar surface area (TPSA) is 103 Å². The number of carbonyl (C=O) groups excluding carboxylic acids is 1. The van der Waals surface area contributed by atoms with Crippen LogP contribution in [0, 0.1) is 23.7 Å². The highest BCUT2D eigenvalue weighted by Gasteiger charge is 2.55. The zero-order valence-corrected chi connectivity index (χ0v) is 18.0. The summed E-state index contributed by atoms with van der Waals surface area (Å²) in [5.41, 5.74) is -0.0371. The van der Waals surface area contributed by atoms with Gasteiger partial charge in [0, 0.05) is 25.6 Å². The van der Waals surface area contributed by atoms with Gasteiger partial charge < -0.3 is 20.4 Å². The summed E-state index contributed by atoms with van der Waals surface area (Å²) in [5, 5.41) is 22.9. The summed E-state index contributed by atoms with van der Waals surface area (Å²) in [6, 6.07) is 5.78. The lowest BCUT2D eigenvalue weighted by Gasteiger charge is -2.58. The van der Waals surface area contributed by atoms with Gasteiger partial charge in [-0.15, -0.1) is 0 Å². The van der Waals surface area contributed by atoms with E-state index >= 15 is 0 Å². The quantitative estimate of drug-likeness (QED) is 0.645. The normalized spacial score (nSPS) is 34.7. The van der Waals surface area contributed by atoms with Gasteiger partial charge in [-0.25, -0.2) is 4.98 Å². The Bertz CT molecular complexity index is 835. The highest BCUT2D eigenvalue weighted by Crippen LogP contribution is 2.55. The van der Waals surface area contributed by atoms with Crippen LogP contribution < -0.4 is 10.2 Å². The molecule has 6 rings (SSSR count). The molecule has 0 radical (unpaired) electrons. The van der Waals surface area contributed by atoms with Crippen LogP contribution in [-0.2, 0) is 4.79 Å². The minimum absolute atomic E-state index is 0.109. The Kier molecular flexibility index (Phi) is 5.40. The maximum Gasteiger partial charge on any atom is 0.303 e. The molecule has 4 saturated carbocycles. The minimum Gasteiger partial charge on any atom is -0.481 e. The molecule has 7 heteroatoms.